The molecule has 1 aromatic heterocycles. The van der Waals surface area contributed by atoms with Crippen molar-refractivity contribution >= 4 is 22.6 Å². The van der Waals surface area contributed by atoms with Crippen LogP contribution in [0.15, 0.2) is 42.6 Å². The molecule has 0 saturated carbocycles. The summed E-state index contributed by atoms with van der Waals surface area (Å²) in [6.45, 7) is 5.39. The van der Waals surface area contributed by atoms with Crippen molar-refractivity contribution in [2.45, 2.75) is 13.8 Å². The maximum Gasteiger partial charge on any atom is 0.336 e. The topological polar surface area (TPSA) is 53.4 Å². The molecule has 0 bridgehead atoms. The zero-order valence-electron chi connectivity index (χ0n) is 14.5. The first kappa shape index (κ1) is 17.8. The lowest BCUT2D eigenvalue weighted by Crippen LogP contribution is -2.23. The number of pyridine rings is 1. The number of fused-ring (bicyclic) bond motifs is 1. The van der Waals surface area contributed by atoms with Gasteiger partial charge >= 0.3 is 5.97 Å². The van der Waals surface area contributed by atoms with Gasteiger partial charge in [0.1, 0.15) is 5.82 Å². The molecule has 0 aliphatic rings. The van der Waals surface area contributed by atoms with Crippen LogP contribution < -0.4 is 4.90 Å². The van der Waals surface area contributed by atoms with Crippen LogP contribution in [0.5, 0.6) is 0 Å². The van der Waals surface area contributed by atoms with Crippen LogP contribution in [0.3, 0.4) is 0 Å². The number of hydrogen-bond donors (Lipinski definition) is 1. The number of carbonyl (C=O) groups is 1. The molecule has 1 heterocycles. The standard InChI is InChI=1S/C20H18F2N2O2/c1-3-24(4-2)19-13-6-5-7-14(20(25)26)18(13)15(11-23-19)12-8-9-16(21)17(22)10-12/h5-11H,3-4H2,1-2H3,(H,25,26). The number of aromatic nitrogens is 1. The second-order valence-corrected chi connectivity index (χ2v) is 5.83. The molecule has 0 aliphatic carbocycles. The molecule has 1 N–H and O–H groups in total. The summed E-state index contributed by atoms with van der Waals surface area (Å²) in [7, 11) is 0. The van der Waals surface area contributed by atoms with Gasteiger partial charge in [-0.05, 0) is 37.6 Å². The third-order valence-corrected chi connectivity index (χ3v) is 4.41. The summed E-state index contributed by atoms with van der Waals surface area (Å²) in [5.74, 6) is -2.36. The Morgan fingerprint density at radius 2 is 1.85 bits per heavy atom. The van der Waals surface area contributed by atoms with Gasteiger partial charge in [0.25, 0.3) is 0 Å². The summed E-state index contributed by atoms with van der Waals surface area (Å²) in [5, 5.41) is 10.8. The normalized spacial score (nSPS) is 10.9. The average molecular weight is 356 g/mol. The molecule has 0 amide bonds. The smallest absolute Gasteiger partial charge is 0.336 e. The van der Waals surface area contributed by atoms with E-state index < -0.39 is 17.6 Å². The van der Waals surface area contributed by atoms with Crippen molar-refractivity contribution in [3.63, 3.8) is 0 Å². The third kappa shape index (κ3) is 2.98. The number of hydrogen-bond acceptors (Lipinski definition) is 3. The first-order valence-corrected chi connectivity index (χ1v) is 8.33. The predicted molar refractivity (Wildman–Crippen MR) is 97.6 cm³/mol. The molecule has 134 valence electrons. The number of anilines is 1. The van der Waals surface area contributed by atoms with Crippen molar-refractivity contribution in [2.24, 2.45) is 0 Å². The number of benzene rings is 2. The quantitative estimate of drug-likeness (QED) is 0.718. The van der Waals surface area contributed by atoms with Crippen LogP contribution in [0.1, 0.15) is 24.2 Å². The summed E-state index contributed by atoms with van der Waals surface area (Å²) in [4.78, 5) is 18.3. The Labute approximate surface area is 149 Å². The van der Waals surface area contributed by atoms with Gasteiger partial charge in [0.05, 0.1) is 5.56 Å². The number of rotatable bonds is 5. The Hall–Kier alpha value is -3.02. The van der Waals surface area contributed by atoms with Crippen molar-refractivity contribution in [1.82, 2.24) is 4.98 Å². The molecule has 0 radical (unpaired) electrons. The second kappa shape index (κ2) is 7.07. The molecule has 0 fully saturated rings. The average Bonchev–Trinajstić information content (AvgIpc) is 2.64. The van der Waals surface area contributed by atoms with Gasteiger partial charge in [-0.15, -0.1) is 0 Å². The van der Waals surface area contributed by atoms with E-state index >= 15 is 0 Å². The van der Waals surface area contributed by atoms with E-state index in [1.165, 1.54) is 18.3 Å². The largest absolute Gasteiger partial charge is 0.478 e. The molecule has 0 saturated heterocycles. The molecule has 0 spiro atoms. The van der Waals surface area contributed by atoms with Gasteiger partial charge in [0.15, 0.2) is 11.6 Å². The minimum atomic E-state index is -1.09. The first-order valence-electron chi connectivity index (χ1n) is 8.33. The molecule has 6 heteroatoms. The van der Waals surface area contributed by atoms with E-state index in [9.17, 15) is 18.7 Å². The van der Waals surface area contributed by atoms with Crippen molar-refractivity contribution in [1.29, 1.82) is 0 Å². The number of halogens is 2. The van der Waals surface area contributed by atoms with Crippen LogP contribution in [0, 0.1) is 11.6 Å². The summed E-state index contributed by atoms with van der Waals surface area (Å²) >= 11 is 0. The van der Waals surface area contributed by atoms with E-state index in [1.54, 1.807) is 12.1 Å². The first-order chi connectivity index (χ1) is 12.5. The predicted octanol–water partition coefficient (Wildman–Crippen LogP) is 4.72. The SMILES string of the molecule is CCN(CC)c1ncc(-c2ccc(F)c(F)c2)c2c(C(=O)O)cccc12. The van der Waals surface area contributed by atoms with Crippen LogP contribution in [-0.2, 0) is 0 Å². The highest BCUT2D eigenvalue weighted by Gasteiger charge is 2.19. The van der Waals surface area contributed by atoms with Crippen molar-refractivity contribution < 1.29 is 18.7 Å². The molecular formula is C20H18F2N2O2. The van der Waals surface area contributed by atoms with E-state index in [0.717, 1.165) is 12.1 Å². The maximum atomic E-state index is 13.7. The molecule has 0 aliphatic heterocycles. The van der Waals surface area contributed by atoms with Gasteiger partial charge in [-0.3, -0.25) is 0 Å². The monoisotopic (exact) mass is 356 g/mol. The molecular weight excluding hydrogens is 338 g/mol. The third-order valence-electron chi connectivity index (χ3n) is 4.41. The highest BCUT2D eigenvalue weighted by Crippen LogP contribution is 2.36. The fraction of sp³-hybridized carbons (Fsp3) is 0.200. The lowest BCUT2D eigenvalue weighted by Gasteiger charge is -2.23. The number of nitrogens with zero attached hydrogens (tertiary/aromatic N) is 2. The molecule has 2 aromatic carbocycles. The van der Waals surface area contributed by atoms with Crippen LogP contribution in [0.2, 0.25) is 0 Å². The van der Waals surface area contributed by atoms with E-state index in [1.807, 2.05) is 18.7 Å². The van der Waals surface area contributed by atoms with Gasteiger partial charge in [0, 0.05) is 35.6 Å². The maximum absolute atomic E-state index is 13.7. The minimum absolute atomic E-state index is 0.0954. The number of aromatic carboxylic acids is 1. The van der Waals surface area contributed by atoms with E-state index in [4.69, 9.17) is 0 Å². The fourth-order valence-electron chi connectivity index (χ4n) is 3.12. The Morgan fingerprint density at radius 1 is 1.12 bits per heavy atom. The molecule has 0 atom stereocenters. The van der Waals surface area contributed by atoms with Gasteiger partial charge in [-0.1, -0.05) is 18.2 Å². The van der Waals surface area contributed by atoms with Crippen LogP contribution in [-0.4, -0.2) is 29.1 Å². The Balaban J connectivity index is 2.38. The Kier molecular flexibility index (Phi) is 4.84. The minimum Gasteiger partial charge on any atom is -0.478 e. The summed E-state index contributed by atoms with van der Waals surface area (Å²) in [6.07, 6.45) is 1.52. The lowest BCUT2D eigenvalue weighted by molar-refractivity contribution is 0.0699. The van der Waals surface area contributed by atoms with Crippen molar-refractivity contribution in [3.8, 4) is 11.1 Å². The summed E-state index contributed by atoms with van der Waals surface area (Å²) in [6, 6.07) is 8.46. The van der Waals surface area contributed by atoms with Crippen LogP contribution in [0.25, 0.3) is 21.9 Å². The number of carboxylic acid groups (broad SMARTS) is 1. The zero-order chi connectivity index (χ0) is 18.8. The van der Waals surface area contributed by atoms with E-state index in [2.05, 4.69) is 4.98 Å². The van der Waals surface area contributed by atoms with Crippen LogP contribution in [0.4, 0.5) is 14.6 Å². The van der Waals surface area contributed by atoms with Gasteiger partial charge in [-0.2, -0.15) is 0 Å². The van der Waals surface area contributed by atoms with Gasteiger partial charge < -0.3 is 10.0 Å². The Bertz CT molecular complexity index is 985. The molecule has 0 unspecified atom stereocenters. The van der Waals surface area contributed by atoms with Gasteiger partial charge in [-0.25, -0.2) is 18.6 Å². The van der Waals surface area contributed by atoms with Gasteiger partial charge in [0.2, 0.25) is 0 Å². The summed E-state index contributed by atoms with van der Waals surface area (Å²) in [5.41, 5.74) is 0.923. The second-order valence-electron chi connectivity index (χ2n) is 5.83. The molecule has 4 nitrogen and oxygen atoms in total. The Morgan fingerprint density at radius 3 is 2.46 bits per heavy atom. The molecule has 26 heavy (non-hydrogen) atoms. The fourth-order valence-corrected chi connectivity index (χ4v) is 3.12. The van der Waals surface area contributed by atoms with Crippen LogP contribution >= 0.6 is 0 Å². The molecule has 3 aromatic rings. The summed E-state index contributed by atoms with van der Waals surface area (Å²) < 4.78 is 27.0. The lowest BCUT2D eigenvalue weighted by atomic mass is 9.96. The zero-order valence-corrected chi connectivity index (χ0v) is 14.5. The van der Waals surface area contributed by atoms with Crippen molar-refractivity contribution in [3.05, 3.63) is 59.8 Å². The van der Waals surface area contributed by atoms with E-state index in [-0.39, 0.29) is 5.56 Å². The number of carboxylic acids is 1. The molecule has 3 rings (SSSR count). The van der Waals surface area contributed by atoms with Crippen molar-refractivity contribution in [2.75, 3.05) is 18.0 Å². The van der Waals surface area contributed by atoms with E-state index in [0.29, 0.717) is 40.8 Å². The highest BCUT2D eigenvalue weighted by atomic mass is 19.2. The highest BCUT2D eigenvalue weighted by molar-refractivity contribution is 6.12.